The average Bonchev–Trinajstić information content (AvgIpc) is 2.86. The van der Waals surface area contributed by atoms with Crippen LogP contribution in [-0.2, 0) is 14.3 Å². The molecule has 2 heterocycles. The molecule has 35 heavy (non-hydrogen) atoms. The molecule has 2 aromatic rings. The van der Waals surface area contributed by atoms with Crippen LogP contribution in [0.25, 0.3) is 0 Å². The summed E-state index contributed by atoms with van der Waals surface area (Å²) in [6.07, 6.45) is -0.566. The zero-order valence-electron chi connectivity index (χ0n) is 20.7. The first kappa shape index (κ1) is 25.0. The number of amides is 1. The quantitative estimate of drug-likeness (QED) is 0.579. The van der Waals surface area contributed by atoms with E-state index in [0.717, 1.165) is 29.8 Å². The molecule has 1 amide bonds. The van der Waals surface area contributed by atoms with E-state index >= 15 is 0 Å². The van der Waals surface area contributed by atoms with E-state index in [1.807, 2.05) is 56.3 Å². The van der Waals surface area contributed by atoms with E-state index in [1.165, 1.54) is 0 Å². The molecule has 0 spiro atoms. The molecule has 1 saturated heterocycles. The molecule has 8 nitrogen and oxygen atoms in total. The minimum absolute atomic E-state index is 0.264. The van der Waals surface area contributed by atoms with Gasteiger partial charge in [0.2, 0.25) is 5.91 Å². The van der Waals surface area contributed by atoms with Crippen molar-refractivity contribution in [3.8, 4) is 11.5 Å². The van der Waals surface area contributed by atoms with Crippen molar-refractivity contribution in [2.75, 3.05) is 39.3 Å². The highest BCUT2D eigenvalue weighted by atomic mass is 16.6. The highest BCUT2D eigenvalue weighted by Gasteiger charge is 2.36. The van der Waals surface area contributed by atoms with E-state index in [1.54, 1.807) is 6.92 Å². The van der Waals surface area contributed by atoms with Crippen LogP contribution in [0.3, 0.4) is 0 Å². The number of hydrogen-bond acceptors (Lipinski definition) is 7. The minimum Gasteiger partial charge on any atom is -0.486 e. The Morgan fingerprint density at radius 1 is 1.03 bits per heavy atom. The van der Waals surface area contributed by atoms with E-state index in [2.05, 4.69) is 9.80 Å². The maximum atomic E-state index is 12.5. The number of carbonyl (C=O) groups excluding carboxylic acids is 2. The summed E-state index contributed by atoms with van der Waals surface area (Å²) in [7, 11) is 0. The number of ether oxygens (including phenoxy) is 3. The Morgan fingerprint density at radius 3 is 2.31 bits per heavy atom. The van der Waals surface area contributed by atoms with E-state index in [0.29, 0.717) is 44.2 Å². The van der Waals surface area contributed by atoms with Crippen molar-refractivity contribution in [1.29, 1.82) is 0 Å². The molecule has 188 valence electrons. The normalized spacial score (nSPS) is 20.1. The molecule has 2 aromatic carbocycles. The molecular weight excluding hydrogens is 446 g/mol. The van der Waals surface area contributed by atoms with Crippen LogP contribution < -0.4 is 15.2 Å². The number of benzene rings is 2. The van der Waals surface area contributed by atoms with Gasteiger partial charge in [-0.3, -0.25) is 19.4 Å². The van der Waals surface area contributed by atoms with Crippen LogP contribution in [0.1, 0.15) is 36.1 Å². The van der Waals surface area contributed by atoms with Crippen LogP contribution in [0.15, 0.2) is 42.5 Å². The Labute approximate surface area is 206 Å². The number of hydrogen-bond donors (Lipinski definition) is 1. The number of rotatable bonds is 8. The largest absolute Gasteiger partial charge is 0.486 e. The van der Waals surface area contributed by atoms with Gasteiger partial charge in [-0.05, 0) is 42.7 Å². The molecule has 2 N–H and O–H groups in total. The maximum absolute atomic E-state index is 12.5. The predicted molar refractivity (Wildman–Crippen MR) is 132 cm³/mol. The van der Waals surface area contributed by atoms with Crippen LogP contribution in [0.4, 0.5) is 0 Å². The topological polar surface area (TPSA) is 94.3 Å². The van der Waals surface area contributed by atoms with Crippen molar-refractivity contribution in [3.63, 3.8) is 0 Å². The standard InChI is InChI=1S/C27H35N3O5/c1-4-24(31)35-22(23-17-33-20-10-5-6-11-21(20)34-23)16-29-12-14-30(15-13-29)26(27(28)32)25-18(2)8-7-9-19(25)3/h5-11,22-23,26H,4,12-17H2,1-3H3,(H2,28,32). The Morgan fingerprint density at radius 2 is 1.69 bits per heavy atom. The number of esters is 1. The third-order valence-electron chi connectivity index (χ3n) is 6.81. The first-order chi connectivity index (χ1) is 16.9. The van der Waals surface area contributed by atoms with Gasteiger partial charge in [0.25, 0.3) is 0 Å². The van der Waals surface area contributed by atoms with E-state index in [-0.39, 0.29) is 11.9 Å². The number of primary amides is 1. The van der Waals surface area contributed by atoms with Crippen molar-refractivity contribution >= 4 is 11.9 Å². The molecule has 1 fully saturated rings. The number of nitrogens with two attached hydrogens (primary N) is 1. The lowest BCUT2D eigenvalue weighted by molar-refractivity contribution is -0.157. The smallest absolute Gasteiger partial charge is 0.305 e. The highest BCUT2D eigenvalue weighted by Crippen LogP contribution is 2.33. The number of para-hydroxylation sites is 2. The summed E-state index contributed by atoms with van der Waals surface area (Å²) < 4.78 is 17.8. The van der Waals surface area contributed by atoms with Crippen LogP contribution in [0.5, 0.6) is 11.5 Å². The fraction of sp³-hybridized carbons (Fsp3) is 0.481. The molecular formula is C27H35N3O5. The van der Waals surface area contributed by atoms with Crippen molar-refractivity contribution in [2.24, 2.45) is 5.73 Å². The first-order valence-corrected chi connectivity index (χ1v) is 12.3. The third kappa shape index (κ3) is 5.77. The number of carbonyl (C=O) groups is 2. The predicted octanol–water partition coefficient (Wildman–Crippen LogP) is 2.61. The summed E-state index contributed by atoms with van der Waals surface area (Å²) in [4.78, 5) is 29.1. The fourth-order valence-electron chi connectivity index (χ4n) is 4.92. The van der Waals surface area contributed by atoms with Crippen LogP contribution >= 0.6 is 0 Å². The van der Waals surface area contributed by atoms with E-state index < -0.39 is 18.2 Å². The molecule has 2 aliphatic heterocycles. The van der Waals surface area contributed by atoms with Gasteiger partial charge in [-0.25, -0.2) is 0 Å². The summed E-state index contributed by atoms with van der Waals surface area (Å²) >= 11 is 0. The maximum Gasteiger partial charge on any atom is 0.305 e. The molecule has 3 atom stereocenters. The summed E-state index contributed by atoms with van der Waals surface area (Å²) in [6.45, 7) is 9.47. The minimum atomic E-state index is -0.465. The lowest BCUT2D eigenvalue weighted by atomic mass is 9.94. The fourth-order valence-corrected chi connectivity index (χ4v) is 4.92. The Kier molecular flexibility index (Phi) is 7.93. The molecule has 0 bridgehead atoms. The van der Waals surface area contributed by atoms with Gasteiger partial charge in [-0.1, -0.05) is 37.3 Å². The number of piperazine rings is 1. The van der Waals surface area contributed by atoms with Gasteiger partial charge in [0.15, 0.2) is 23.7 Å². The second-order valence-electron chi connectivity index (χ2n) is 9.24. The Hall–Kier alpha value is -3.10. The molecule has 4 rings (SSSR count). The van der Waals surface area contributed by atoms with E-state index in [4.69, 9.17) is 19.9 Å². The van der Waals surface area contributed by atoms with Gasteiger partial charge in [0.05, 0.1) is 0 Å². The highest BCUT2D eigenvalue weighted by molar-refractivity contribution is 5.82. The summed E-state index contributed by atoms with van der Waals surface area (Å²) in [5.74, 6) is 0.753. The summed E-state index contributed by atoms with van der Waals surface area (Å²) in [5.41, 5.74) is 9.01. The molecule has 0 aromatic heterocycles. The summed E-state index contributed by atoms with van der Waals surface area (Å²) in [6, 6.07) is 13.1. The van der Waals surface area contributed by atoms with Crippen molar-refractivity contribution < 1.29 is 23.8 Å². The molecule has 2 aliphatic rings. The van der Waals surface area contributed by atoms with E-state index in [9.17, 15) is 9.59 Å². The van der Waals surface area contributed by atoms with Gasteiger partial charge < -0.3 is 19.9 Å². The Balaban J connectivity index is 1.43. The lowest BCUT2D eigenvalue weighted by Gasteiger charge is -2.41. The second kappa shape index (κ2) is 11.1. The zero-order valence-corrected chi connectivity index (χ0v) is 20.7. The summed E-state index contributed by atoms with van der Waals surface area (Å²) in [5, 5.41) is 0. The molecule has 8 heteroatoms. The lowest BCUT2D eigenvalue weighted by Crippen LogP contribution is -2.54. The molecule has 0 aliphatic carbocycles. The van der Waals surface area contributed by atoms with Gasteiger partial charge in [-0.15, -0.1) is 0 Å². The van der Waals surface area contributed by atoms with Crippen LogP contribution in [0, 0.1) is 13.8 Å². The van der Waals surface area contributed by atoms with Gasteiger partial charge in [-0.2, -0.15) is 0 Å². The van der Waals surface area contributed by atoms with Crippen molar-refractivity contribution in [2.45, 2.75) is 45.4 Å². The Bertz CT molecular complexity index is 1030. The third-order valence-corrected chi connectivity index (χ3v) is 6.81. The van der Waals surface area contributed by atoms with Gasteiger partial charge in [0, 0.05) is 39.1 Å². The molecule has 0 radical (unpaired) electrons. The zero-order chi connectivity index (χ0) is 24.9. The second-order valence-corrected chi connectivity index (χ2v) is 9.24. The number of nitrogens with zero attached hydrogens (tertiary/aromatic N) is 2. The molecule has 3 unspecified atom stereocenters. The van der Waals surface area contributed by atoms with Crippen LogP contribution in [-0.4, -0.2) is 73.2 Å². The van der Waals surface area contributed by atoms with Gasteiger partial charge >= 0.3 is 5.97 Å². The average molecular weight is 482 g/mol. The monoisotopic (exact) mass is 481 g/mol. The van der Waals surface area contributed by atoms with Crippen molar-refractivity contribution in [3.05, 3.63) is 59.2 Å². The van der Waals surface area contributed by atoms with Gasteiger partial charge in [0.1, 0.15) is 12.6 Å². The number of fused-ring (bicyclic) bond motifs is 1. The molecule has 0 saturated carbocycles. The van der Waals surface area contributed by atoms with Crippen molar-refractivity contribution in [1.82, 2.24) is 9.80 Å². The first-order valence-electron chi connectivity index (χ1n) is 12.3. The SMILES string of the molecule is CCC(=O)OC(CN1CCN(C(C(N)=O)c2c(C)cccc2C)CC1)C1COc2ccccc2O1. The van der Waals surface area contributed by atoms with Crippen LogP contribution in [0.2, 0.25) is 0 Å². The number of aryl methyl sites for hydroxylation is 2.